The van der Waals surface area contributed by atoms with Crippen LogP contribution in [0.25, 0.3) is 0 Å². The molecule has 4 rings (SSSR count). The second-order valence-electron chi connectivity index (χ2n) is 10.4. The smallest absolute Gasteiger partial charge is 0.226 e. The van der Waals surface area contributed by atoms with Crippen molar-refractivity contribution in [2.75, 3.05) is 36.5 Å². The van der Waals surface area contributed by atoms with Gasteiger partial charge < -0.3 is 10.2 Å². The minimum Gasteiger partial charge on any atom is -0.337 e. The predicted molar refractivity (Wildman–Crippen MR) is 139 cm³/mol. The molecule has 34 heavy (non-hydrogen) atoms. The molecule has 2 atom stereocenters. The lowest BCUT2D eigenvalue weighted by Crippen LogP contribution is -2.54. The zero-order chi connectivity index (χ0) is 24.5. The van der Waals surface area contributed by atoms with Crippen molar-refractivity contribution in [3.05, 3.63) is 28.3 Å². The van der Waals surface area contributed by atoms with Gasteiger partial charge in [0, 0.05) is 66.8 Å². The molecule has 2 aliphatic heterocycles. The molecule has 3 fully saturated rings. The second-order valence-corrected chi connectivity index (χ2v) is 13.2. The number of carbonyl (C=O) groups is 2. The molecule has 0 aromatic heterocycles. The molecule has 2 heterocycles. The summed E-state index contributed by atoms with van der Waals surface area (Å²) in [6.07, 6.45) is 5.36. The summed E-state index contributed by atoms with van der Waals surface area (Å²) in [5.74, 6) is 1.14. The van der Waals surface area contributed by atoms with Crippen molar-refractivity contribution in [1.82, 2.24) is 9.80 Å². The largest absolute Gasteiger partial charge is 0.337 e. The third-order valence-corrected chi connectivity index (χ3v) is 9.79. The van der Waals surface area contributed by atoms with Crippen LogP contribution in [0.5, 0.6) is 0 Å². The number of rotatable bonds is 6. The van der Waals surface area contributed by atoms with Crippen molar-refractivity contribution in [3.63, 3.8) is 0 Å². The van der Waals surface area contributed by atoms with Crippen molar-refractivity contribution in [3.8, 4) is 0 Å². The van der Waals surface area contributed by atoms with Gasteiger partial charge in [0.2, 0.25) is 11.8 Å². The van der Waals surface area contributed by atoms with Gasteiger partial charge in [-0.05, 0) is 62.3 Å². The first-order chi connectivity index (χ1) is 16.1. The van der Waals surface area contributed by atoms with Gasteiger partial charge >= 0.3 is 0 Å². The normalized spacial score (nSPS) is 26.6. The molecule has 2 unspecified atom stereocenters. The number of carbonyl (C=O) groups excluding carboxylic acids is 2. The molecule has 9 heteroatoms. The third-order valence-electron chi connectivity index (χ3n) is 7.68. The summed E-state index contributed by atoms with van der Waals surface area (Å²) in [5, 5.41) is 3.57. The molecule has 1 saturated carbocycles. The van der Waals surface area contributed by atoms with Crippen molar-refractivity contribution in [2.45, 2.75) is 65.0 Å². The molecule has 3 aliphatic rings. The number of benzene rings is 1. The van der Waals surface area contributed by atoms with E-state index in [9.17, 15) is 18.7 Å². The molecule has 0 bridgehead atoms. The number of hydrogen-bond donors (Lipinski definition) is 3. The molecule has 1 aliphatic carbocycles. The van der Waals surface area contributed by atoms with Gasteiger partial charge in [-0.15, -0.1) is 0 Å². The predicted octanol–water partition coefficient (Wildman–Crippen LogP) is 4.97. The van der Waals surface area contributed by atoms with Crippen LogP contribution in [0, 0.1) is 18.8 Å². The molecular weight excluding hydrogens is 474 g/mol. The van der Waals surface area contributed by atoms with E-state index in [4.69, 9.17) is 11.6 Å². The number of piperazine rings is 1. The quantitative estimate of drug-likeness (QED) is 0.501. The Labute approximate surface area is 209 Å². The van der Waals surface area contributed by atoms with Gasteiger partial charge in [-0.2, -0.15) is 10.6 Å². The third kappa shape index (κ3) is 6.26. The number of amides is 2. The Morgan fingerprint density at radius 2 is 1.91 bits per heavy atom. The van der Waals surface area contributed by atoms with Crippen molar-refractivity contribution < 1.29 is 18.7 Å². The van der Waals surface area contributed by atoms with Gasteiger partial charge in [0.1, 0.15) is 0 Å². The summed E-state index contributed by atoms with van der Waals surface area (Å²) >= 11 is 6.41. The van der Waals surface area contributed by atoms with E-state index < -0.39 is 10.6 Å². The zero-order valence-corrected chi connectivity index (χ0v) is 21.8. The van der Waals surface area contributed by atoms with E-state index >= 15 is 0 Å². The Balaban J connectivity index is 1.35. The maximum atomic E-state index is 12.9. The van der Waals surface area contributed by atoms with Crippen LogP contribution in [0.4, 0.5) is 5.69 Å². The second kappa shape index (κ2) is 10.7. The van der Waals surface area contributed by atoms with Gasteiger partial charge in [0.05, 0.1) is 0 Å². The number of nitrogens with zero attached hydrogens (tertiary/aromatic N) is 2. The van der Waals surface area contributed by atoms with Crippen molar-refractivity contribution in [2.24, 2.45) is 11.8 Å². The minimum atomic E-state index is -2.50. The SMILES string of the molecule is Cc1c(CN2CCN(C(=O)C3CCCC3)C(C)C2)cc(Cl)cc1NC(=O)CC1CCS(O)(O)C1. The van der Waals surface area contributed by atoms with Crippen LogP contribution in [0.3, 0.4) is 0 Å². The fourth-order valence-corrected chi connectivity index (χ4v) is 7.86. The number of hydrogen-bond acceptors (Lipinski definition) is 5. The first-order valence-corrected chi connectivity index (χ1v) is 14.7. The Bertz CT molecular complexity index is 922. The maximum absolute atomic E-state index is 12.9. The van der Waals surface area contributed by atoms with E-state index in [0.717, 1.165) is 43.6 Å². The monoisotopic (exact) mass is 511 g/mol. The highest BCUT2D eigenvalue weighted by Crippen LogP contribution is 2.49. The summed E-state index contributed by atoms with van der Waals surface area (Å²) < 4.78 is 19.6. The van der Waals surface area contributed by atoms with Gasteiger partial charge in [-0.3, -0.25) is 23.6 Å². The molecule has 2 amide bonds. The van der Waals surface area contributed by atoms with Gasteiger partial charge in [-0.25, -0.2) is 0 Å². The summed E-state index contributed by atoms with van der Waals surface area (Å²) in [7, 11) is -2.50. The Morgan fingerprint density at radius 3 is 2.56 bits per heavy atom. The molecule has 190 valence electrons. The van der Waals surface area contributed by atoms with Crippen LogP contribution in [0.15, 0.2) is 12.1 Å². The molecule has 2 saturated heterocycles. The van der Waals surface area contributed by atoms with Crippen LogP contribution in [0.2, 0.25) is 5.02 Å². The first-order valence-electron chi connectivity index (χ1n) is 12.5. The average Bonchev–Trinajstić information content (AvgIpc) is 3.40. The Hall–Kier alpha value is -1.32. The van der Waals surface area contributed by atoms with Crippen LogP contribution < -0.4 is 5.32 Å². The van der Waals surface area contributed by atoms with Crippen molar-refractivity contribution in [1.29, 1.82) is 0 Å². The number of nitrogens with one attached hydrogen (secondary N) is 1. The van der Waals surface area contributed by atoms with E-state index in [1.165, 1.54) is 12.8 Å². The molecule has 0 spiro atoms. The standard InChI is InChI=1S/C25H38ClN3O4S/c1-17-14-28(8-9-29(17)25(31)20-5-3-4-6-20)15-21-12-22(26)13-23(18(21)2)27-24(30)11-19-7-10-34(32,33)16-19/h12-13,17,19-20,32-33H,3-11,14-16H2,1-2H3,(H,27,30). The highest BCUT2D eigenvalue weighted by atomic mass is 35.5. The van der Waals surface area contributed by atoms with Crippen molar-refractivity contribution >= 4 is 39.7 Å². The minimum absolute atomic E-state index is 0.00804. The van der Waals surface area contributed by atoms with E-state index in [0.29, 0.717) is 41.1 Å². The molecular formula is C25H38ClN3O4S. The molecule has 1 aromatic carbocycles. The number of anilines is 1. The lowest BCUT2D eigenvalue weighted by Gasteiger charge is -2.41. The van der Waals surface area contributed by atoms with E-state index in [-0.39, 0.29) is 30.2 Å². The van der Waals surface area contributed by atoms with Crippen LogP contribution in [-0.4, -0.2) is 67.9 Å². The van der Waals surface area contributed by atoms with E-state index in [2.05, 4.69) is 22.0 Å². The zero-order valence-electron chi connectivity index (χ0n) is 20.3. The Kier molecular flexibility index (Phi) is 8.14. The highest BCUT2D eigenvalue weighted by molar-refractivity contribution is 8.24. The lowest BCUT2D eigenvalue weighted by molar-refractivity contribution is -0.140. The summed E-state index contributed by atoms with van der Waals surface area (Å²) in [6.45, 7) is 7.24. The topological polar surface area (TPSA) is 93.1 Å². The number of halogens is 1. The summed E-state index contributed by atoms with van der Waals surface area (Å²) in [6, 6.07) is 3.92. The molecule has 1 aromatic rings. The highest BCUT2D eigenvalue weighted by Gasteiger charge is 2.33. The van der Waals surface area contributed by atoms with E-state index in [1.807, 2.05) is 13.0 Å². The van der Waals surface area contributed by atoms with Gasteiger partial charge in [-0.1, -0.05) is 24.4 Å². The van der Waals surface area contributed by atoms with Crippen LogP contribution in [0.1, 0.15) is 56.6 Å². The first kappa shape index (κ1) is 25.8. The van der Waals surface area contributed by atoms with E-state index in [1.54, 1.807) is 6.07 Å². The molecule has 7 nitrogen and oxygen atoms in total. The van der Waals surface area contributed by atoms with Crippen LogP contribution in [-0.2, 0) is 16.1 Å². The summed E-state index contributed by atoms with van der Waals surface area (Å²) in [5.41, 5.74) is 2.77. The molecule has 0 radical (unpaired) electrons. The average molecular weight is 512 g/mol. The van der Waals surface area contributed by atoms with Crippen LogP contribution >= 0.6 is 22.2 Å². The maximum Gasteiger partial charge on any atom is 0.226 e. The Morgan fingerprint density at radius 1 is 1.18 bits per heavy atom. The van der Waals surface area contributed by atoms with Gasteiger partial charge in [0.15, 0.2) is 0 Å². The molecule has 3 N–H and O–H groups in total. The fraction of sp³-hybridized carbons (Fsp3) is 0.680. The van der Waals surface area contributed by atoms with Gasteiger partial charge in [0.25, 0.3) is 0 Å². The fourth-order valence-electron chi connectivity index (χ4n) is 5.71. The summed E-state index contributed by atoms with van der Waals surface area (Å²) in [4.78, 5) is 30.0. The lowest BCUT2D eigenvalue weighted by atomic mass is 10.0.